The molecule has 0 fully saturated rings. The molecule has 27 heavy (non-hydrogen) atoms. The summed E-state index contributed by atoms with van der Waals surface area (Å²) >= 11 is 0. The number of carboxylic acids is 1. The lowest BCUT2D eigenvalue weighted by molar-refractivity contribution is -0.712. The van der Waals surface area contributed by atoms with Gasteiger partial charge in [0.2, 0.25) is 5.28 Å². The molecule has 1 unspecified atom stereocenters. The van der Waals surface area contributed by atoms with Crippen LogP contribution in [0.3, 0.4) is 0 Å². The van der Waals surface area contributed by atoms with Crippen molar-refractivity contribution < 1.29 is 34.0 Å². The van der Waals surface area contributed by atoms with Crippen molar-refractivity contribution in [2.75, 3.05) is 7.05 Å². The molecule has 1 N–H and O–H groups in total. The van der Waals surface area contributed by atoms with E-state index in [1.807, 2.05) is 0 Å². The standard InChI is InChI=1S/C17H25N3O7/c1-12(25-16(23)26-17(2,3)4)27-18-20(24)19(5)14(15(21)22)11-13-9-7-6-8-10-13/h6-10,12,14H,11H2,1-5H3,(H,21,22)/b20-18-/t12?,14-/m0/s1. The third kappa shape index (κ3) is 8.25. The fraction of sp³-hybridized carbons (Fsp3) is 0.529. The van der Waals surface area contributed by atoms with E-state index >= 15 is 0 Å². The molecule has 1 aromatic carbocycles. The zero-order chi connectivity index (χ0) is 20.6. The third-order valence-electron chi connectivity index (χ3n) is 3.20. The number of rotatable bonds is 8. The Labute approximate surface area is 157 Å². The Morgan fingerprint density at radius 3 is 2.41 bits per heavy atom. The number of ether oxygens (including phenoxy) is 2. The normalized spacial score (nSPS) is 14.0. The van der Waals surface area contributed by atoms with E-state index in [9.17, 15) is 19.9 Å². The van der Waals surface area contributed by atoms with Gasteiger partial charge in [0.25, 0.3) is 6.29 Å². The number of benzene rings is 1. The van der Waals surface area contributed by atoms with Gasteiger partial charge in [-0.3, -0.25) is 4.84 Å². The molecule has 0 bridgehead atoms. The summed E-state index contributed by atoms with van der Waals surface area (Å²) in [6, 6.07) is 7.68. The number of hydrazine groups is 1. The van der Waals surface area contributed by atoms with Crippen LogP contribution in [0.2, 0.25) is 0 Å². The fourth-order valence-electron chi connectivity index (χ4n) is 1.93. The monoisotopic (exact) mass is 383 g/mol. The average molecular weight is 383 g/mol. The summed E-state index contributed by atoms with van der Waals surface area (Å²) in [5, 5.41) is 25.5. The number of hydrogen-bond acceptors (Lipinski definition) is 7. The van der Waals surface area contributed by atoms with Crippen LogP contribution in [0.1, 0.15) is 33.3 Å². The van der Waals surface area contributed by atoms with Crippen LogP contribution in [-0.2, 0) is 25.5 Å². The SMILES string of the molecule is CC(O/N=[N+](\[O-])N(C)[C@@H](Cc1ccccc1)C(=O)O)OC(=O)OC(C)(C)C. The highest BCUT2D eigenvalue weighted by Gasteiger charge is 2.29. The van der Waals surface area contributed by atoms with Crippen LogP contribution in [0.4, 0.5) is 4.79 Å². The molecular formula is C17H25N3O7. The average Bonchev–Trinajstić information content (AvgIpc) is 2.55. The van der Waals surface area contributed by atoms with Gasteiger partial charge < -0.3 is 19.8 Å². The first-order valence-electron chi connectivity index (χ1n) is 8.22. The predicted octanol–water partition coefficient (Wildman–Crippen LogP) is 2.72. The zero-order valence-corrected chi connectivity index (χ0v) is 16.0. The molecular weight excluding hydrogens is 358 g/mol. The van der Waals surface area contributed by atoms with Gasteiger partial charge >= 0.3 is 12.1 Å². The van der Waals surface area contributed by atoms with E-state index in [-0.39, 0.29) is 11.4 Å². The highest BCUT2D eigenvalue weighted by molar-refractivity contribution is 5.73. The molecule has 1 aromatic rings. The molecule has 1 rings (SSSR count). The highest BCUT2D eigenvalue weighted by atomic mass is 16.8. The lowest BCUT2D eigenvalue weighted by Gasteiger charge is -2.21. The van der Waals surface area contributed by atoms with Gasteiger partial charge in [0.05, 0.1) is 12.0 Å². The maximum atomic E-state index is 12.0. The Morgan fingerprint density at radius 1 is 1.30 bits per heavy atom. The Balaban J connectivity index is 2.67. The Hall–Kier alpha value is -3.04. The molecule has 0 aliphatic heterocycles. The lowest BCUT2D eigenvalue weighted by atomic mass is 10.1. The van der Waals surface area contributed by atoms with E-state index in [1.165, 1.54) is 14.0 Å². The van der Waals surface area contributed by atoms with Crippen LogP contribution in [-0.4, -0.2) is 52.2 Å². The van der Waals surface area contributed by atoms with E-state index < -0.39 is 30.1 Å². The summed E-state index contributed by atoms with van der Waals surface area (Å²) < 4.78 is 9.72. The fourth-order valence-corrected chi connectivity index (χ4v) is 1.93. The van der Waals surface area contributed by atoms with Crippen LogP contribution in [0, 0.1) is 5.21 Å². The number of nitrogens with zero attached hydrogens (tertiary/aromatic N) is 3. The second-order valence-corrected chi connectivity index (χ2v) is 6.71. The molecule has 0 amide bonds. The molecule has 10 heteroatoms. The van der Waals surface area contributed by atoms with E-state index in [1.54, 1.807) is 51.1 Å². The molecule has 0 saturated heterocycles. The van der Waals surface area contributed by atoms with Gasteiger partial charge in [-0.25, -0.2) is 9.59 Å². The van der Waals surface area contributed by atoms with Crippen molar-refractivity contribution in [1.82, 2.24) is 5.01 Å². The van der Waals surface area contributed by atoms with Gasteiger partial charge in [-0.1, -0.05) is 30.3 Å². The van der Waals surface area contributed by atoms with Crippen molar-refractivity contribution in [2.45, 2.75) is 52.0 Å². The number of carboxylic acid groups (broad SMARTS) is 1. The summed E-state index contributed by atoms with van der Waals surface area (Å²) in [5.74, 6) is -1.20. The van der Waals surface area contributed by atoms with Crippen LogP contribution in [0.5, 0.6) is 0 Å². The molecule has 150 valence electrons. The van der Waals surface area contributed by atoms with E-state index in [4.69, 9.17) is 14.3 Å². The number of hydrogen-bond donors (Lipinski definition) is 1. The topological polar surface area (TPSA) is 124 Å². The quantitative estimate of drug-likeness (QED) is 0.239. The number of carbonyl (C=O) groups is 2. The van der Waals surface area contributed by atoms with Gasteiger partial charge in [0, 0.05) is 13.3 Å². The number of aliphatic carboxylic acids is 1. The first kappa shape index (κ1) is 22.0. The minimum absolute atomic E-state index is 0.0172. The Morgan fingerprint density at radius 2 is 1.89 bits per heavy atom. The molecule has 0 aliphatic carbocycles. The molecule has 0 heterocycles. The summed E-state index contributed by atoms with van der Waals surface area (Å²) in [6.07, 6.45) is -2.10. The molecule has 0 aromatic heterocycles. The molecule has 0 aliphatic rings. The van der Waals surface area contributed by atoms with Gasteiger partial charge in [0.15, 0.2) is 6.04 Å². The van der Waals surface area contributed by atoms with Gasteiger partial charge in [-0.2, -0.15) is 0 Å². The van der Waals surface area contributed by atoms with Crippen molar-refractivity contribution in [2.24, 2.45) is 5.28 Å². The smallest absolute Gasteiger partial charge is 0.511 e. The first-order chi connectivity index (χ1) is 12.5. The van der Waals surface area contributed by atoms with Crippen molar-refractivity contribution in [3.05, 3.63) is 41.1 Å². The van der Waals surface area contributed by atoms with Crippen LogP contribution in [0.15, 0.2) is 35.6 Å². The second kappa shape index (κ2) is 9.60. The second-order valence-electron chi connectivity index (χ2n) is 6.71. The maximum Gasteiger partial charge on any atom is 0.511 e. The summed E-state index contributed by atoms with van der Waals surface area (Å²) in [4.78, 5) is 27.7. The van der Waals surface area contributed by atoms with E-state index in [2.05, 4.69) is 5.28 Å². The lowest BCUT2D eigenvalue weighted by Crippen LogP contribution is -2.44. The maximum absolute atomic E-state index is 12.0. The largest absolute Gasteiger partial charge is 0.569 e. The van der Waals surface area contributed by atoms with Gasteiger partial charge in [-0.15, -0.1) is 5.01 Å². The van der Waals surface area contributed by atoms with Gasteiger partial charge in [0.1, 0.15) is 5.60 Å². The summed E-state index contributed by atoms with van der Waals surface area (Å²) in [7, 11) is 1.26. The molecule has 2 atom stereocenters. The minimum Gasteiger partial charge on any atom is -0.569 e. The Kier molecular flexibility index (Phi) is 7.82. The predicted molar refractivity (Wildman–Crippen MR) is 93.3 cm³/mol. The first-order valence-corrected chi connectivity index (χ1v) is 8.22. The Bertz CT molecular complexity index is 658. The van der Waals surface area contributed by atoms with Crippen molar-refractivity contribution in [3.8, 4) is 0 Å². The molecule has 0 radical (unpaired) electrons. The molecule has 10 nitrogen and oxygen atoms in total. The summed E-state index contributed by atoms with van der Waals surface area (Å²) in [6.45, 7) is 6.33. The third-order valence-corrected chi connectivity index (χ3v) is 3.20. The minimum atomic E-state index is -1.21. The van der Waals surface area contributed by atoms with Crippen LogP contribution < -0.4 is 0 Å². The van der Waals surface area contributed by atoms with Crippen LogP contribution in [0.25, 0.3) is 0 Å². The van der Waals surface area contributed by atoms with E-state index in [0.717, 1.165) is 10.6 Å². The number of carbonyl (C=O) groups excluding carboxylic acids is 1. The summed E-state index contributed by atoms with van der Waals surface area (Å²) in [5.41, 5.74) is -0.00192. The number of likely N-dealkylation sites (N-methyl/N-ethyl adjacent to an activating group) is 1. The van der Waals surface area contributed by atoms with Crippen molar-refractivity contribution >= 4 is 12.1 Å². The highest BCUT2D eigenvalue weighted by Crippen LogP contribution is 2.11. The zero-order valence-electron chi connectivity index (χ0n) is 16.0. The van der Waals surface area contributed by atoms with Crippen molar-refractivity contribution in [3.63, 3.8) is 0 Å². The van der Waals surface area contributed by atoms with Crippen molar-refractivity contribution in [1.29, 1.82) is 0 Å². The molecule has 0 spiro atoms. The van der Waals surface area contributed by atoms with Crippen LogP contribution >= 0.6 is 0 Å². The van der Waals surface area contributed by atoms with Gasteiger partial charge in [-0.05, 0) is 26.3 Å². The van der Waals surface area contributed by atoms with E-state index in [0.29, 0.717) is 0 Å². The molecule has 0 saturated carbocycles.